The number of carbonyl (C=O) groups excluding carboxylic acids is 3. The van der Waals surface area contributed by atoms with Crippen LogP contribution in [0.25, 0.3) is 0 Å². The second-order valence-corrected chi connectivity index (χ2v) is 8.65. The molecule has 0 fully saturated rings. The lowest BCUT2D eigenvalue weighted by Gasteiger charge is -2.21. The summed E-state index contributed by atoms with van der Waals surface area (Å²) in [5, 5.41) is 8.15. The molecule has 1 aromatic heterocycles. The van der Waals surface area contributed by atoms with Crippen LogP contribution in [0, 0.1) is 0 Å². The first-order valence-electron chi connectivity index (χ1n) is 10.5. The Morgan fingerprint density at radius 3 is 2.50 bits per heavy atom. The van der Waals surface area contributed by atoms with Gasteiger partial charge in [0.2, 0.25) is 11.8 Å². The largest absolute Gasteiger partial charge is 0.383 e. The normalized spacial score (nSPS) is 10.5. The number of thiazole rings is 1. The zero-order valence-electron chi connectivity index (χ0n) is 18.6. The third-order valence-corrected chi connectivity index (χ3v) is 5.81. The molecule has 8 nitrogen and oxygen atoms in total. The number of amides is 3. The molecule has 10 heteroatoms. The topological polar surface area (TPSA) is 101 Å². The molecule has 2 aromatic carbocycles. The van der Waals surface area contributed by atoms with Gasteiger partial charge in [0.15, 0.2) is 5.13 Å². The number of halogens is 1. The molecule has 34 heavy (non-hydrogen) atoms. The van der Waals surface area contributed by atoms with Gasteiger partial charge in [0.05, 0.1) is 18.7 Å². The van der Waals surface area contributed by atoms with Crippen LogP contribution in [0.3, 0.4) is 0 Å². The fraction of sp³-hybridized carbons (Fsp3) is 0.250. The number of methoxy groups -OCH3 is 1. The van der Waals surface area contributed by atoms with Crippen molar-refractivity contribution in [3.05, 3.63) is 81.8 Å². The molecule has 0 aliphatic rings. The van der Waals surface area contributed by atoms with Crippen LogP contribution in [-0.2, 0) is 27.3 Å². The molecule has 0 aliphatic heterocycles. The van der Waals surface area contributed by atoms with Crippen molar-refractivity contribution in [2.75, 3.05) is 32.1 Å². The van der Waals surface area contributed by atoms with Crippen molar-refractivity contribution >= 4 is 45.8 Å². The molecule has 2 N–H and O–H groups in total. The predicted molar refractivity (Wildman–Crippen MR) is 132 cm³/mol. The average Bonchev–Trinajstić information content (AvgIpc) is 3.27. The van der Waals surface area contributed by atoms with Gasteiger partial charge >= 0.3 is 0 Å². The van der Waals surface area contributed by atoms with Crippen LogP contribution in [-0.4, -0.2) is 54.4 Å². The second kappa shape index (κ2) is 12.8. The molecule has 0 unspecified atom stereocenters. The number of anilines is 1. The Morgan fingerprint density at radius 2 is 1.79 bits per heavy atom. The Labute approximate surface area is 206 Å². The monoisotopic (exact) mass is 500 g/mol. The minimum Gasteiger partial charge on any atom is -0.383 e. The number of nitrogens with one attached hydrogen (secondary N) is 2. The van der Waals surface area contributed by atoms with Gasteiger partial charge in [0.25, 0.3) is 5.91 Å². The highest BCUT2D eigenvalue weighted by molar-refractivity contribution is 7.13. The van der Waals surface area contributed by atoms with Gasteiger partial charge in [-0.2, -0.15) is 0 Å². The van der Waals surface area contributed by atoms with Crippen molar-refractivity contribution < 1.29 is 19.1 Å². The van der Waals surface area contributed by atoms with Gasteiger partial charge in [-0.1, -0.05) is 41.9 Å². The van der Waals surface area contributed by atoms with Crippen LogP contribution >= 0.6 is 22.9 Å². The first-order valence-corrected chi connectivity index (χ1v) is 11.8. The fourth-order valence-corrected chi connectivity index (χ4v) is 3.88. The molecule has 178 valence electrons. The Bertz CT molecular complexity index is 1110. The molecule has 3 rings (SSSR count). The van der Waals surface area contributed by atoms with Gasteiger partial charge in [-0.25, -0.2) is 4.98 Å². The van der Waals surface area contributed by atoms with E-state index in [1.54, 1.807) is 29.6 Å². The summed E-state index contributed by atoms with van der Waals surface area (Å²) in [7, 11) is 1.53. The number of ether oxygens (including phenoxy) is 1. The van der Waals surface area contributed by atoms with Crippen LogP contribution in [0.1, 0.15) is 21.6 Å². The highest BCUT2D eigenvalue weighted by atomic mass is 35.5. The van der Waals surface area contributed by atoms with Gasteiger partial charge < -0.3 is 20.3 Å². The number of carbonyl (C=O) groups is 3. The summed E-state index contributed by atoms with van der Waals surface area (Å²) in [6, 6.07) is 16.1. The van der Waals surface area contributed by atoms with Crippen LogP contribution in [0.2, 0.25) is 5.02 Å². The van der Waals surface area contributed by atoms with Gasteiger partial charge in [-0.3, -0.25) is 14.4 Å². The highest BCUT2D eigenvalue weighted by Crippen LogP contribution is 2.16. The van der Waals surface area contributed by atoms with Gasteiger partial charge in [-0.05, 0) is 29.8 Å². The first-order chi connectivity index (χ1) is 16.4. The second-order valence-electron chi connectivity index (χ2n) is 7.36. The zero-order chi connectivity index (χ0) is 24.3. The molecular formula is C24H25ClN4O4S. The van der Waals surface area contributed by atoms with Crippen LogP contribution in [0.4, 0.5) is 5.13 Å². The van der Waals surface area contributed by atoms with Crippen molar-refractivity contribution in [2.45, 2.75) is 13.0 Å². The standard InChI is InChI=1S/C24H25ClN4O4S/c1-33-12-11-29(23(32)18-7-9-19(25)10-8-18)15-22(31)28-24-27-20(16-34-24)13-21(30)26-14-17-5-3-2-4-6-17/h2-10,16H,11-15H2,1H3,(H,26,30)(H,27,28,31). The SMILES string of the molecule is COCCN(CC(=O)Nc1nc(CC(=O)NCc2ccccc2)cs1)C(=O)c1ccc(Cl)cc1. The van der Waals surface area contributed by atoms with Crippen molar-refractivity contribution in [2.24, 2.45) is 0 Å². The van der Waals surface area contributed by atoms with E-state index >= 15 is 0 Å². The van der Waals surface area contributed by atoms with E-state index in [2.05, 4.69) is 15.6 Å². The third-order valence-electron chi connectivity index (χ3n) is 4.75. The summed E-state index contributed by atoms with van der Waals surface area (Å²) in [4.78, 5) is 43.3. The van der Waals surface area contributed by atoms with Crippen molar-refractivity contribution in [3.8, 4) is 0 Å². The lowest BCUT2D eigenvalue weighted by Crippen LogP contribution is -2.40. The van der Waals surface area contributed by atoms with E-state index in [1.807, 2.05) is 30.3 Å². The van der Waals surface area contributed by atoms with Crippen LogP contribution < -0.4 is 10.6 Å². The number of aromatic nitrogens is 1. The number of nitrogens with zero attached hydrogens (tertiary/aromatic N) is 2. The summed E-state index contributed by atoms with van der Waals surface area (Å²) in [6.07, 6.45) is 0.105. The van der Waals surface area contributed by atoms with E-state index in [4.69, 9.17) is 16.3 Å². The lowest BCUT2D eigenvalue weighted by molar-refractivity contribution is -0.120. The molecule has 1 heterocycles. The summed E-state index contributed by atoms with van der Waals surface area (Å²) >= 11 is 7.11. The van der Waals surface area contributed by atoms with Crippen molar-refractivity contribution in [3.63, 3.8) is 0 Å². The predicted octanol–water partition coefficient (Wildman–Crippen LogP) is 3.38. The molecular weight excluding hydrogens is 476 g/mol. The quantitative estimate of drug-likeness (QED) is 0.420. The summed E-state index contributed by atoms with van der Waals surface area (Å²) < 4.78 is 5.07. The fourth-order valence-electron chi connectivity index (χ4n) is 3.03. The Kier molecular flexibility index (Phi) is 9.57. The first kappa shape index (κ1) is 25.4. The van der Waals surface area contributed by atoms with Crippen LogP contribution in [0.15, 0.2) is 60.0 Å². The van der Waals surface area contributed by atoms with Gasteiger partial charge in [0, 0.05) is 36.2 Å². The maximum absolute atomic E-state index is 12.8. The minimum atomic E-state index is -0.396. The summed E-state index contributed by atoms with van der Waals surface area (Å²) in [5.41, 5.74) is 1.99. The average molecular weight is 501 g/mol. The molecule has 3 amide bonds. The number of benzene rings is 2. The molecule has 0 radical (unpaired) electrons. The third kappa shape index (κ3) is 7.95. The van der Waals surface area contributed by atoms with E-state index < -0.39 is 5.91 Å². The molecule has 0 saturated carbocycles. The van der Waals surface area contributed by atoms with Crippen molar-refractivity contribution in [1.82, 2.24) is 15.2 Å². The molecule has 0 aliphatic carbocycles. The van der Waals surface area contributed by atoms with Crippen LogP contribution in [0.5, 0.6) is 0 Å². The van der Waals surface area contributed by atoms with E-state index in [0.29, 0.717) is 28.0 Å². The number of hydrogen-bond acceptors (Lipinski definition) is 6. The van der Waals surface area contributed by atoms with E-state index in [-0.39, 0.29) is 37.9 Å². The van der Waals surface area contributed by atoms with E-state index in [9.17, 15) is 14.4 Å². The molecule has 3 aromatic rings. The Balaban J connectivity index is 1.53. The zero-order valence-corrected chi connectivity index (χ0v) is 20.2. The highest BCUT2D eigenvalue weighted by Gasteiger charge is 2.19. The molecule has 0 spiro atoms. The summed E-state index contributed by atoms with van der Waals surface area (Å²) in [5.74, 6) is -0.863. The Hall–Kier alpha value is -3.27. The maximum Gasteiger partial charge on any atom is 0.254 e. The number of rotatable bonds is 11. The minimum absolute atomic E-state index is 0.105. The molecule has 0 bridgehead atoms. The van der Waals surface area contributed by atoms with Gasteiger partial charge in [-0.15, -0.1) is 11.3 Å². The number of hydrogen-bond donors (Lipinski definition) is 2. The van der Waals surface area contributed by atoms with Gasteiger partial charge in [0.1, 0.15) is 6.54 Å². The smallest absolute Gasteiger partial charge is 0.254 e. The van der Waals surface area contributed by atoms with Crippen molar-refractivity contribution in [1.29, 1.82) is 0 Å². The molecule has 0 atom stereocenters. The Morgan fingerprint density at radius 1 is 1.06 bits per heavy atom. The summed E-state index contributed by atoms with van der Waals surface area (Å²) in [6.45, 7) is 0.797. The maximum atomic E-state index is 12.8. The molecule has 0 saturated heterocycles. The lowest BCUT2D eigenvalue weighted by atomic mass is 10.2. The van der Waals surface area contributed by atoms with E-state index in [0.717, 1.165) is 5.56 Å². The van der Waals surface area contributed by atoms with E-state index in [1.165, 1.54) is 23.3 Å².